The molecule has 4 aromatic rings. The van der Waals surface area contributed by atoms with Crippen molar-refractivity contribution in [2.75, 3.05) is 0 Å². The van der Waals surface area contributed by atoms with Crippen LogP contribution in [0.2, 0.25) is 0 Å². The Balaban J connectivity index is 1.90. The van der Waals surface area contributed by atoms with Gasteiger partial charge in [-0.25, -0.2) is 0 Å². The number of hydrogen-bond donors (Lipinski definition) is 2. The summed E-state index contributed by atoms with van der Waals surface area (Å²) in [6.07, 6.45) is 0. The maximum absolute atomic E-state index is 9.49. The Bertz CT molecular complexity index is 927. The third-order valence-electron chi connectivity index (χ3n) is 3.47. The molecule has 96 valence electrons. The average molecular weight is 261 g/mol. The second-order valence-corrected chi connectivity index (χ2v) is 4.77. The van der Waals surface area contributed by atoms with Crippen LogP contribution in [-0.4, -0.2) is 20.5 Å². The maximum Gasteiger partial charge on any atom is 0.116 e. The molecule has 0 bridgehead atoms. The Hall–Kier alpha value is -2.88. The fourth-order valence-electron chi connectivity index (χ4n) is 2.43. The summed E-state index contributed by atoms with van der Waals surface area (Å²) in [7, 11) is 0. The Kier molecular flexibility index (Phi) is 2.23. The monoisotopic (exact) mass is 261 g/mol. The number of hydrogen-bond acceptors (Lipinski definition) is 3. The van der Waals surface area contributed by atoms with Gasteiger partial charge in [0.2, 0.25) is 0 Å². The number of phenols is 1. The van der Waals surface area contributed by atoms with E-state index in [0.29, 0.717) is 0 Å². The number of aromatic hydroxyl groups is 1. The van der Waals surface area contributed by atoms with E-state index in [1.165, 1.54) is 0 Å². The molecule has 0 aliphatic carbocycles. The second-order valence-electron chi connectivity index (χ2n) is 4.77. The van der Waals surface area contributed by atoms with E-state index < -0.39 is 0 Å². The van der Waals surface area contributed by atoms with Crippen LogP contribution in [0.3, 0.4) is 0 Å². The highest BCUT2D eigenvalue weighted by Gasteiger charge is 2.04. The van der Waals surface area contributed by atoms with Gasteiger partial charge in [0.1, 0.15) is 16.8 Å². The van der Waals surface area contributed by atoms with Crippen LogP contribution >= 0.6 is 0 Å². The summed E-state index contributed by atoms with van der Waals surface area (Å²) >= 11 is 0. The van der Waals surface area contributed by atoms with E-state index in [4.69, 9.17) is 0 Å². The highest BCUT2D eigenvalue weighted by atomic mass is 16.3. The normalized spacial score (nSPS) is 11.2. The molecule has 3 aromatic carbocycles. The number of aromatic nitrogens is 3. The van der Waals surface area contributed by atoms with Crippen molar-refractivity contribution in [2.45, 2.75) is 0 Å². The molecular formula is C16H11N3O. The molecule has 0 radical (unpaired) electrons. The van der Waals surface area contributed by atoms with Crippen LogP contribution in [0.15, 0.2) is 54.6 Å². The summed E-state index contributed by atoms with van der Waals surface area (Å²) in [6.45, 7) is 0. The van der Waals surface area contributed by atoms with E-state index in [0.717, 1.165) is 32.9 Å². The second kappa shape index (κ2) is 4.06. The molecule has 0 amide bonds. The van der Waals surface area contributed by atoms with Crippen LogP contribution < -0.4 is 0 Å². The number of rotatable bonds is 1. The molecule has 0 fully saturated rings. The number of fused-ring (bicyclic) bond motifs is 2. The van der Waals surface area contributed by atoms with Gasteiger partial charge < -0.3 is 5.11 Å². The largest absolute Gasteiger partial charge is 0.508 e. The summed E-state index contributed by atoms with van der Waals surface area (Å²) in [6, 6.07) is 17.5. The first-order valence-electron chi connectivity index (χ1n) is 6.33. The van der Waals surface area contributed by atoms with Crippen molar-refractivity contribution in [1.82, 2.24) is 15.4 Å². The van der Waals surface area contributed by atoms with Gasteiger partial charge in [0.25, 0.3) is 0 Å². The first-order chi connectivity index (χ1) is 9.79. The summed E-state index contributed by atoms with van der Waals surface area (Å²) < 4.78 is 0. The zero-order valence-electron chi connectivity index (χ0n) is 10.5. The van der Waals surface area contributed by atoms with Crippen molar-refractivity contribution in [1.29, 1.82) is 0 Å². The number of nitrogens with zero attached hydrogens (tertiary/aromatic N) is 2. The van der Waals surface area contributed by atoms with Gasteiger partial charge in [-0.15, -0.1) is 0 Å². The van der Waals surface area contributed by atoms with Gasteiger partial charge >= 0.3 is 0 Å². The van der Waals surface area contributed by atoms with Gasteiger partial charge in [0, 0.05) is 0 Å². The van der Waals surface area contributed by atoms with Crippen LogP contribution in [0.1, 0.15) is 0 Å². The Labute approximate surface area is 114 Å². The maximum atomic E-state index is 9.49. The van der Waals surface area contributed by atoms with Crippen molar-refractivity contribution in [3.05, 3.63) is 54.6 Å². The molecule has 1 aromatic heterocycles. The molecule has 4 nitrogen and oxygen atoms in total. The zero-order valence-corrected chi connectivity index (χ0v) is 10.5. The molecule has 0 saturated heterocycles. The van der Waals surface area contributed by atoms with E-state index in [2.05, 4.69) is 21.5 Å². The third kappa shape index (κ3) is 1.70. The summed E-state index contributed by atoms with van der Waals surface area (Å²) in [5.41, 5.74) is 3.93. The van der Waals surface area contributed by atoms with Crippen molar-refractivity contribution in [2.24, 2.45) is 0 Å². The average Bonchev–Trinajstić information content (AvgIpc) is 2.94. The molecule has 0 unspecified atom stereocenters. The number of phenolic OH excluding ortho intramolecular Hbond substituents is 1. The predicted octanol–water partition coefficient (Wildman–Crippen LogP) is 3.48. The van der Waals surface area contributed by atoms with Crippen molar-refractivity contribution >= 4 is 21.8 Å². The Morgan fingerprint density at radius 3 is 2.35 bits per heavy atom. The van der Waals surface area contributed by atoms with Gasteiger partial charge in [0.05, 0.1) is 0 Å². The standard InChI is InChI=1S/C16H11N3O/c20-14-5-3-11-7-10(1-2-12(11)8-14)13-4-6-15-16(9-13)18-19-17-15/h1-9,20H,(H,17,18,19). The highest BCUT2D eigenvalue weighted by Crippen LogP contribution is 2.27. The van der Waals surface area contributed by atoms with E-state index in [1.54, 1.807) is 12.1 Å². The molecule has 0 aliphatic heterocycles. The summed E-state index contributed by atoms with van der Waals surface area (Å²) in [5, 5.41) is 22.4. The molecule has 2 N–H and O–H groups in total. The minimum absolute atomic E-state index is 0.286. The molecule has 0 spiro atoms. The summed E-state index contributed by atoms with van der Waals surface area (Å²) in [5.74, 6) is 0.286. The SMILES string of the molecule is Oc1ccc2cc(-c3ccc4n[nH]nc4c3)ccc2c1. The molecule has 4 heteroatoms. The molecular weight excluding hydrogens is 250 g/mol. The molecule has 0 saturated carbocycles. The van der Waals surface area contributed by atoms with Gasteiger partial charge in [-0.05, 0) is 52.2 Å². The van der Waals surface area contributed by atoms with Crippen LogP contribution in [0, 0.1) is 0 Å². The number of aromatic amines is 1. The number of H-pyrrole nitrogens is 1. The van der Waals surface area contributed by atoms with E-state index >= 15 is 0 Å². The van der Waals surface area contributed by atoms with Crippen LogP contribution in [-0.2, 0) is 0 Å². The Morgan fingerprint density at radius 1 is 0.700 bits per heavy atom. The molecule has 20 heavy (non-hydrogen) atoms. The topological polar surface area (TPSA) is 61.8 Å². The molecule has 0 aliphatic rings. The lowest BCUT2D eigenvalue weighted by atomic mass is 10.0. The van der Waals surface area contributed by atoms with E-state index in [-0.39, 0.29) is 5.75 Å². The third-order valence-corrected chi connectivity index (χ3v) is 3.47. The van der Waals surface area contributed by atoms with Crippen LogP contribution in [0.25, 0.3) is 32.9 Å². The minimum Gasteiger partial charge on any atom is -0.508 e. The number of nitrogens with one attached hydrogen (secondary N) is 1. The van der Waals surface area contributed by atoms with Gasteiger partial charge in [-0.3, -0.25) is 0 Å². The highest BCUT2D eigenvalue weighted by molar-refractivity contribution is 5.89. The lowest BCUT2D eigenvalue weighted by Gasteiger charge is -2.04. The van der Waals surface area contributed by atoms with Crippen LogP contribution in [0.4, 0.5) is 0 Å². The fourth-order valence-corrected chi connectivity index (χ4v) is 2.43. The number of benzene rings is 3. The molecule has 0 atom stereocenters. The Morgan fingerprint density at radius 2 is 1.40 bits per heavy atom. The lowest BCUT2D eigenvalue weighted by Crippen LogP contribution is -1.80. The first kappa shape index (κ1) is 11.0. The van der Waals surface area contributed by atoms with Gasteiger partial charge in [-0.1, -0.05) is 24.3 Å². The smallest absolute Gasteiger partial charge is 0.116 e. The van der Waals surface area contributed by atoms with Crippen molar-refractivity contribution < 1.29 is 5.11 Å². The summed E-state index contributed by atoms with van der Waals surface area (Å²) in [4.78, 5) is 0. The van der Waals surface area contributed by atoms with Crippen LogP contribution in [0.5, 0.6) is 5.75 Å². The van der Waals surface area contributed by atoms with Crippen molar-refractivity contribution in [3.8, 4) is 16.9 Å². The fraction of sp³-hybridized carbons (Fsp3) is 0. The van der Waals surface area contributed by atoms with Gasteiger partial charge in [-0.2, -0.15) is 15.4 Å². The van der Waals surface area contributed by atoms with E-state index in [9.17, 15) is 5.11 Å². The quantitative estimate of drug-likeness (QED) is 0.551. The van der Waals surface area contributed by atoms with Gasteiger partial charge in [0.15, 0.2) is 0 Å². The molecule has 4 rings (SSSR count). The zero-order chi connectivity index (χ0) is 13.5. The minimum atomic E-state index is 0.286. The van der Waals surface area contributed by atoms with Crippen molar-refractivity contribution in [3.63, 3.8) is 0 Å². The first-order valence-corrected chi connectivity index (χ1v) is 6.33. The predicted molar refractivity (Wildman–Crippen MR) is 78.5 cm³/mol. The van der Waals surface area contributed by atoms with E-state index in [1.807, 2.05) is 36.4 Å². The molecule has 1 heterocycles. The lowest BCUT2D eigenvalue weighted by molar-refractivity contribution is 0.476.